The van der Waals surface area contributed by atoms with Crippen LogP contribution in [0.3, 0.4) is 0 Å². The Balaban J connectivity index is 2.12. The molecule has 1 unspecified atom stereocenters. The molecule has 1 amide bonds. The molecule has 0 radical (unpaired) electrons. The second-order valence-corrected chi connectivity index (χ2v) is 4.92. The third-order valence-corrected chi connectivity index (χ3v) is 3.08. The molecule has 0 spiro atoms. The molecule has 0 aliphatic carbocycles. The number of rotatable bonds is 1. The van der Waals surface area contributed by atoms with E-state index in [-0.39, 0.29) is 5.91 Å². The van der Waals surface area contributed by atoms with Crippen LogP contribution in [0, 0.1) is 0 Å². The minimum absolute atomic E-state index is 0.0468. The van der Waals surface area contributed by atoms with Crippen LogP contribution in [-0.4, -0.2) is 34.6 Å². The van der Waals surface area contributed by atoms with Gasteiger partial charge in [0.25, 0.3) is 5.91 Å². The molecule has 1 saturated heterocycles. The molecule has 1 heterocycles. The summed E-state index contributed by atoms with van der Waals surface area (Å²) in [6, 6.07) is 6.81. The highest BCUT2D eigenvalue weighted by Crippen LogP contribution is 2.22. The number of hydrogen-bond donors (Lipinski definition) is 1. The molecule has 1 aromatic rings. The number of hydrogen-bond acceptors (Lipinski definition) is 2. The Bertz CT molecular complexity index is 400. The highest BCUT2D eigenvalue weighted by molar-refractivity contribution is 6.30. The molecule has 1 N–H and O–H groups in total. The molecule has 1 fully saturated rings. The topological polar surface area (TPSA) is 40.5 Å². The molecule has 1 aliphatic heterocycles. The van der Waals surface area contributed by atoms with Crippen LogP contribution >= 0.6 is 11.6 Å². The number of carbonyl (C=O) groups excluding carboxylic acids is 1. The van der Waals surface area contributed by atoms with Crippen molar-refractivity contribution in [3.63, 3.8) is 0 Å². The van der Waals surface area contributed by atoms with E-state index < -0.39 is 5.60 Å². The van der Waals surface area contributed by atoms with Crippen molar-refractivity contribution in [1.82, 2.24) is 4.90 Å². The Hall–Kier alpha value is -1.06. The summed E-state index contributed by atoms with van der Waals surface area (Å²) < 4.78 is 0. The summed E-state index contributed by atoms with van der Waals surface area (Å²) in [5, 5.41) is 10.4. The zero-order chi connectivity index (χ0) is 11.8. The van der Waals surface area contributed by atoms with Gasteiger partial charge >= 0.3 is 0 Å². The lowest BCUT2D eigenvalue weighted by Crippen LogP contribution is -2.33. The fourth-order valence-electron chi connectivity index (χ4n) is 1.89. The molecular weight excluding hydrogens is 226 g/mol. The van der Waals surface area contributed by atoms with Gasteiger partial charge in [0.2, 0.25) is 0 Å². The first-order valence-electron chi connectivity index (χ1n) is 5.25. The van der Waals surface area contributed by atoms with Gasteiger partial charge in [0.15, 0.2) is 0 Å². The number of amides is 1. The van der Waals surface area contributed by atoms with E-state index in [1.54, 1.807) is 36.1 Å². The van der Waals surface area contributed by atoms with Gasteiger partial charge in [0.1, 0.15) is 0 Å². The van der Waals surface area contributed by atoms with Crippen molar-refractivity contribution in [3.05, 3.63) is 34.9 Å². The van der Waals surface area contributed by atoms with E-state index in [1.807, 2.05) is 0 Å². The van der Waals surface area contributed by atoms with Gasteiger partial charge in [0, 0.05) is 23.7 Å². The minimum atomic E-state index is -0.748. The van der Waals surface area contributed by atoms with E-state index in [2.05, 4.69) is 0 Å². The summed E-state index contributed by atoms with van der Waals surface area (Å²) in [6.07, 6.45) is 0.631. The molecule has 0 saturated carbocycles. The van der Waals surface area contributed by atoms with E-state index in [0.29, 0.717) is 30.1 Å². The number of nitrogens with zero attached hydrogens (tertiary/aromatic N) is 1. The molecule has 1 aliphatic rings. The predicted octanol–water partition coefficient (Wildman–Crippen LogP) is 1.94. The van der Waals surface area contributed by atoms with Crippen molar-refractivity contribution >= 4 is 17.5 Å². The number of likely N-dealkylation sites (tertiary alicyclic amines) is 1. The van der Waals surface area contributed by atoms with Crippen molar-refractivity contribution in [2.45, 2.75) is 18.9 Å². The van der Waals surface area contributed by atoms with Crippen LogP contribution in [0.25, 0.3) is 0 Å². The van der Waals surface area contributed by atoms with Gasteiger partial charge in [-0.1, -0.05) is 11.6 Å². The SMILES string of the molecule is CC1(O)CCN(C(=O)c2ccc(Cl)cc2)C1. The van der Waals surface area contributed by atoms with Crippen molar-refractivity contribution in [3.8, 4) is 0 Å². The third kappa shape index (κ3) is 2.36. The summed E-state index contributed by atoms with van der Waals surface area (Å²) >= 11 is 5.76. The first-order chi connectivity index (χ1) is 7.48. The van der Waals surface area contributed by atoms with Crippen LogP contribution in [-0.2, 0) is 0 Å². The Morgan fingerprint density at radius 3 is 2.56 bits per heavy atom. The van der Waals surface area contributed by atoms with Crippen LogP contribution in [0.1, 0.15) is 23.7 Å². The average molecular weight is 240 g/mol. The molecular formula is C12H14ClNO2. The fourth-order valence-corrected chi connectivity index (χ4v) is 2.02. The van der Waals surface area contributed by atoms with Gasteiger partial charge < -0.3 is 10.0 Å². The van der Waals surface area contributed by atoms with E-state index in [1.165, 1.54) is 0 Å². The van der Waals surface area contributed by atoms with Gasteiger partial charge in [-0.25, -0.2) is 0 Å². The standard InChI is InChI=1S/C12H14ClNO2/c1-12(16)6-7-14(8-12)11(15)9-2-4-10(13)5-3-9/h2-5,16H,6-8H2,1H3. The largest absolute Gasteiger partial charge is 0.388 e. The van der Waals surface area contributed by atoms with Crippen molar-refractivity contribution in [1.29, 1.82) is 0 Å². The quantitative estimate of drug-likeness (QED) is 0.814. The van der Waals surface area contributed by atoms with Crippen molar-refractivity contribution in [2.24, 2.45) is 0 Å². The van der Waals surface area contributed by atoms with Gasteiger partial charge in [-0.2, -0.15) is 0 Å². The summed E-state index contributed by atoms with van der Waals surface area (Å²) in [4.78, 5) is 13.7. The normalized spacial score (nSPS) is 24.8. The maximum absolute atomic E-state index is 12.0. The first kappa shape index (κ1) is 11.4. The number of carbonyl (C=O) groups is 1. The Labute approximate surface area is 99.6 Å². The summed E-state index contributed by atoms with van der Waals surface area (Å²) in [5.41, 5.74) is -0.135. The maximum atomic E-state index is 12.0. The molecule has 16 heavy (non-hydrogen) atoms. The Morgan fingerprint density at radius 1 is 1.44 bits per heavy atom. The summed E-state index contributed by atoms with van der Waals surface area (Å²) in [5.74, 6) is -0.0468. The number of β-amino-alcohol motifs (C(OH)–C–C–N with tert-alkyl or cyclic N) is 1. The van der Waals surface area contributed by atoms with Gasteiger partial charge in [-0.15, -0.1) is 0 Å². The molecule has 86 valence electrons. The van der Waals surface area contributed by atoms with Crippen LogP contribution < -0.4 is 0 Å². The zero-order valence-electron chi connectivity index (χ0n) is 9.11. The fraction of sp³-hybridized carbons (Fsp3) is 0.417. The lowest BCUT2D eigenvalue weighted by Gasteiger charge is -2.19. The van der Waals surface area contributed by atoms with E-state index in [9.17, 15) is 9.90 Å². The minimum Gasteiger partial charge on any atom is -0.388 e. The van der Waals surface area contributed by atoms with E-state index in [4.69, 9.17) is 11.6 Å². The molecule has 0 aromatic heterocycles. The second-order valence-electron chi connectivity index (χ2n) is 4.48. The predicted molar refractivity (Wildman–Crippen MR) is 62.6 cm³/mol. The van der Waals surface area contributed by atoms with Gasteiger partial charge in [-0.05, 0) is 37.6 Å². The lowest BCUT2D eigenvalue weighted by atomic mass is 10.1. The van der Waals surface area contributed by atoms with Crippen LogP contribution in [0.2, 0.25) is 5.02 Å². The number of aliphatic hydroxyl groups is 1. The molecule has 2 rings (SSSR count). The lowest BCUT2D eigenvalue weighted by molar-refractivity contribution is 0.0572. The highest BCUT2D eigenvalue weighted by Gasteiger charge is 2.34. The van der Waals surface area contributed by atoms with Crippen LogP contribution in [0.4, 0.5) is 0 Å². The van der Waals surface area contributed by atoms with Crippen LogP contribution in [0.5, 0.6) is 0 Å². The van der Waals surface area contributed by atoms with Gasteiger partial charge in [0.05, 0.1) is 5.60 Å². The smallest absolute Gasteiger partial charge is 0.253 e. The Morgan fingerprint density at radius 2 is 2.06 bits per heavy atom. The molecule has 0 bridgehead atoms. The van der Waals surface area contributed by atoms with Crippen LogP contribution in [0.15, 0.2) is 24.3 Å². The molecule has 3 nitrogen and oxygen atoms in total. The summed E-state index contributed by atoms with van der Waals surface area (Å²) in [6.45, 7) is 2.76. The van der Waals surface area contributed by atoms with E-state index >= 15 is 0 Å². The number of halogens is 1. The van der Waals surface area contributed by atoms with Crippen molar-refractivity contribution < 1.29 is 9.90 Å². The molecule has 1 aromatic carbocycles. The average Bonchev–Trinajstić information content (AvgIpc) is 2.59. The van der Waals surface area contributed by atoms with E-state index in [0.717, 1.165) is 0 Å². The highest BCUT2D eigenvalue weighted by atomic mass is 35.5. The number of benzene rings is 1. The zero-order valence-corrected chi connectivity index (χ0v) is 9.87. The Kier molecular flexibility index (Phi) is 2.91. The molecule has 4 heteroatoms. The summed E-state index contributed by atoms with van der Waals surface area (Å²) in [7, 11) is 0. The maximum Gasteiger partial charge on any atom is 0.253 e. The van der Waals surface area contributed by atoms with Crippen molar-refractivity contribution in [2.75, 3.05) is 13.1 Å². The van der Waals surface area contributed by atoms with Gasteiger partial charge in [-0.3, -0.25) is 4.79 Å². The first-order valence-corrected chi connectivity index (χ1v) is 5.63. The third-order valence-electron chi connectivity index (χ3n) is 2.83. The monoisotopic (exact) mass is 239 g/mol. The second kappa shape index (κ2) is 4.07. The molecule has 1 atom stereocenters.